The van der Waals surface area contributed by atoms with E-state index in [-0.39, 0.29) is 12.7 Å². The van der Waals surface area contributed by atoms with E-state index < -0.39 is 5.79 Å². The lowest BCUT2D eigenvalue weighted by atomic mass is 9.58. The summed E-state index contributed by atoms with van der Waals surface area (Å²) in [5.41, 5.74) is 0. The number of ether oxygens (including phenoxy) is 2. The van der Waals surface area contributed by atoms with Gasteiger partial charge in [-0.1, -0.05) is 54.4 Å². The van der Waals surface area contributed by atoms with Crippen molar-refractivity contribution in [2.24, 2.45) is 47.3 Å². The van der Waals surface area contributed by atoms with Gasteiger partial charge in [0.1, 0.15) is 0 Å². The third-order valence-electron chi connectivity index (χ3n) is 8.37. The van der Waals surface area contributed by atoms with E-state index in [1.54, 1.807) is 0 Å². The van der Waals surface area contributed by atoms with Gasteiger partial charge in [0.05, 0.1) is 12.7 Å². The highest BCUT2D eigenvalue weighted by molar-refractivity contribution is 5.01. The van der Waals surface area contributed by atoms with Gasteiger partial charge < -0.3 is 14.6 Å². The average molecular weight is 395 g/mol. The van der Waals surface area contributed by atoms with Gasteiger partial charge in [-0.3, -0.25) is 0 Å². The van der Waals surface area contributed by atoms with Gasteiger partial charge in [0.15, 0.2) is 5.79 Å². The number of hydrogen-bond acceptors (Lipinski definition) is 3. The molecule has 28 heavy (non-hydrogen) atoms. The summed E-state index contributed by atoms with van der Waals surface area (Å²) in [4.78, 5) is 0. The van der Waals surface area contributed by atoms with Crippen LogP contribution in [0.1, 0.15) is 86.5 Å². The van der Waals surface area contributed by atoms with Gasteiger partial charge in [-0.05, 0) is 67.6 Å². The molecule has 0 aromatic heterocycles. The first-order valence-corrected chi connectivity index (χ1v) is 12.2. The first-order valence-electron chi connectivity index (χ1n) is 12.2. The zero-order valence-electron chi connectivity index (χ0n) is 19.3. The first kappa shape index (κ1) is 22.6. The number of aliphatic hydroxyl groups excluding tert-OH is 1. The second-order valence-corrected chi connectivity index (χ2v) is 11.1. The van der Waals surface area contributed by atoms with E-state index in [4.69, 9.17) is 9.47 Å². The Labute approximate surface area is 174 Å². The molecule has 2 aliphatic carbocycles. The van der Waals surface area contributed by atoms with Crippen LogP contribution in [0.5, 0.6) is 0 Å². The molecular formula is C25H46O3. The van der Waals surface area contributed by atoms with E-state index in [1.807, 2.05) is 0 Å². The predicted molar refractivity (Wildman–Crippen MR) is 115 cm³/mol. The van der Waals surface area contributed by atoms with E-state index in [2.05, 4.69) is 41.5 Å². The predicted octanol–water partition coefficient (Wildman–Crippen LogP) is 5.90. The van der Waals surface area contributed by atoms with Crippen molar-refractivity contribution in [3.05, 3.63) is 0 Å². The molecule has 2 saturated carbocycles. The summed E-state index contributed by atoms with van der Waals surface area (Å²) in [5, 5.41) is 9.55. The molecule has 1 unspecified atom stereocenters. The van der Waals surface area contributed by atoms with Crippen LogP contribution in [0.25, 0.3) is 0 Å². The van der Waals surface area contributed by atoms with Crippen LogP contribution in [0, 0.1) is 47.3 Å². The number of aliphatic hydroxyl groups is 1. The maximum Gasteiger partial charge on any atom is 0.174 e. The van der Waals surface area contributed by atoms with Gasteiger partial charge in [0, 0.05) is 18.4 Å². The van der Waals surface area contributed by atoms with Gasteiger partial charge >= 0.3 is 0 Å². The van der Waals surface area contributed by atoms with Crippen LogP contribution in [0.2, 0.25) is 0 Å². The summed E-state index contributed by atoms with van der Waals surface area (Å²) >= 11 is 0. The monoisotopic (exact) mass is 394 g/mol. The Balaban J connectivity index is 1.99. The van der Waals surface area contributed by atoms with Crippen molar-refractivity contribution in [2.75, 3.05) is 13.2 Å². The minimum absolute atomic E-state index is 0.0556. The SMILES string of the molecule is CC(C)[C@H]1CC[C@@H](C)C[C@H]1C1([C@@H]2C[C@H](C)CC[C@H]2C(C)C)OC[C@H](CCO)O1. The van der Waals surface area contributed by atoms with Gasteiger partial charge in [-0.15, -0.1) is 0 Å². The quantitative estimate of drug-likeness (QED) is 0.610. The molecule has 3 rings (SSSR count). The third-order valence-corrected chi connectivity index (χ3v) is 8.37. The van der Waals surface area contributed by atoms with E-state index in [9.17, 15) is 5.11 Å². The summed E-state index contributed by atoms with van der Waals surface area (Å²) in [5.74, 6) is 4.71. The molecule has 0 aromatic carbocycles. The average Bonchev–Trinajstić information content (AvgIpc) is 3.06. The molecule has 8 atom stereocenters. The van der Waals surface area contributed by atoms with Crippen LogP contribution < -0.4 is 0 Å². The van der Waals surface area contributed by atoms with E-state index >= 15 is 0 Å². The van der Waals surface area contributed by atoms with Gasteiger partial charge in [0.2, 0.25) is 0 Å². The zero-order valence-corrected chi connectivity index (χ0v) is 19.3. The molecule has 1 N–H and O–H groups in total. The number of rotatable bonds is 6. The van der Waals surface area contributed by atoms with Crippen LogP contribution in [0.15, 0.2) is 0 Å². The van der Waals surface area contributed by atoms with Crippen LogP contribution >= 0.6 is 0 Å². The third kappa shape index (κ3) is 4.47. The second-order valence-electron chi connectivity index (χ2n) is 11.1. The molecule has 3 nitrogen and oxygen atoms in total. The largest absolute Gasteiger partial charge is 0.396 e. The Bertz CT molecular complexity index is 456. The summed E-state index contributed by atoms with van der Waals surface area (Å²) < 4.78 is 13.8. The van der Waals surface area contributed by atoms with Crippen molar-refractivity contribution in [2.45, 2.75) is 98.4 Å². The molecule has 3 aliphatic rings. The summed E-state index contributed by atoms with van der Waals surface area (Å²) in [6.07, 6.45) is 8.49. The second kappa shape index (κ2) is 9.35. The van der Waals surface area contributed by atoms with Crippen molar-refractivity contribution in [3.8, 4) is 0 Å². The molecular weight excluding hydrogens is 348 g/mol. The Morgan fingerprint density at radius 1 is 0.857 bits per heavy atom. The fourth-order valence-electron chi connectivity index (χ4n) is 6.83. The standard InChI is InChI=1S/C25H46O3/c1-16(2)21-9-7-18(5)13-23(21)25(27-15-20(28-25)11-12-26)24-14-19(6)8-10-22(24)17(3)4/h16-24,26H,7-15H2,1-6H3/t18-,19-,20+,21-,22+,23-,24-,25?/m1/s1. The van der Waals surface area contributed by atoms with E-state index in [0.717, 1.165) is 11.8 Å². The van der Waals surface area contributed by atoms with Crippen molar-refractivity contribution >= 4 is 0 Å². The lowest BCUT2D eigenvalue weighted by Gasteiger charge is -2.53. The molecule has 0 amide bonds. The molecule has 0 bridgehead atoms. The first-order chi connectivity index (χ1) is 13.3. The van der Waals surface area contributed by atoms with Crippen molar-refractivity contribution < 1.29 is 14.6 Å². The summed E-state index contributed by atoms with van der Waals surface area (Å²) in [7, 11) is 0. The molecule has 3 fully saturated rings. The molecule has 0 radical (unpaired) electrons. The maximum atomic E-state index is 9.55. The Hall–Kier alpha value is -0.120. The fourth-order valence-corrected chi connectivity index (χ4v) is 6.83. The Morgan fingerprint density at radius 3 is 1.79 bits per heavy atom. The van der Waals surface area contributed by atoms with Crippen molar-refractivity contribution in [3.63, 3.8) is 0 Å². The van der Waals surface area contributed by atoms with Gasteiger partial charge in [0.25, 0.3) is 0 Å². The zero-order chi connectivity index (χ0) is 20.5. The topological polar surface area (TPSA) is 38.7 Å². The summed E-state index contributed by atoms with van der Waals surface area (Å²) in [6, 6.07) is 0. The van der Waals surface area contributed by atoms with Crippen molar-refractivity contribution in [1.82, 2.24) is 0 Å². The summed E-state index contributed by atoms with van der Waals surface area (Å²) in [6.45, 7) is 15.3. The van der Waals surface area contributed by atoms with Gasteiger partial charge in [-0.25, -0.2) is 0 Å². The maximum absolute atomic E-state index is 9.55. The van der Waals surface area contributed by atoms with Crippen LogP contribution in [0.4, 0.5) is 0 Å². The Kier molecular flexibility index (Phi) is 7.53. The number of hydrogen-bond donors (Lipinski definition) is 1. The highest BCUT2D eigenvalue weighted by atomic mass is 16.7. The smallest absolute Gasteiger partial charge is 0.174 e. The molecule has 3 heteroatoms. The molecule has 0 spiro atoms. The fraction of sp³-hybridized carbons (Fsp3) is 1.00. The Morgan fingerprint density at radius 2 is 1.36 bits per heavy atom. The van der Waals surface area contributed by atoms with E-state index in [0.29, 0.717) is 48.5 Å². The molecule has 164 valence electrons. The highest BCUT2D eigenvalue weighted by Crippen LogP contribution is 2.56. The minimum Gasteiger partial charge on any atom is -0.396 e. The van der Waals surface area contributed by atoms with Crippen LogP contribution in [-0.4, -0.2) is 30.2 Å². The molecule has 1 saturated heterocycles. The lowest BCUT2D eigenvalue weighted by Crippen LogP contribution is -2.56. The molecule has 1 heterocycles. The van der Waals surface area contributed by atoms with Crippen molar-refractivity contribution in [1.29, 1.82) is 0 Å². The van der Waals surface area contributed by atoms with Gasteiger partial charge in [-0.2, -0.15) is 0 Å². The molecule has 1 aliphatic heterocycles. The van der Waals surface area contributed by atoms with E-state index in [1.165, 1.54) is 38.5 Å². The highest BCUT2D eigenvalue weighted by Gasteiger charge is 2.59. The normalized spacial score (nSPS) is 45.1. The van der Waals surface area contributed by atoms with Crippen LogP contribution in [-0.2, 0) is 9.47 Å². The lowest BCUT2D eigenvalue weighted by molar-refractivity contribution is -0.280. The molecule has 0 aromatic rings. The minimum atomic E-state index is -0.437. The van der Waals surface area contributed by atoms with Crippen LogP contribution in [0.3, 0.4) is 0 Å².